The van der Waals surface area contributed by atoms with Gasteiger partial charge in [0, 0.05) is 5.30 Å². The van der Waals surface area contributed by atoms with Gasteiger partial charge in [0.05, 0.1) is 0 Å². The molecule has 0 aromatic heterocycles. The Bertz CT molecular complexity index is 476. The van der Waals surface area contributed by atoms with Crippen molar-refractivity contribution in [3.8, 4) is 0 Å². The van der Waals surface area contributed by atoms with Crippen molar-refractivity contribution in [2.75, 3.05) is 0 Å². The molecule has 0 saturated heterocycles. The Balaban J connectivity index is 2.24. The molecular weight excluding hydrogens is 287 g/mol. The van der Waals surface area contributed by atoms with Gasteiger partial charge in [0.1, 0.15) is 0 Å². The van der Waals surface area contributed by atoms with Crippen LogP contribution in [0, 0.1) is 0 Å². The molecule has 1 aromatic carbocycles. The maximum Gasteiger partial charge on any atom is 0.156 e. The summed E-state index contributed by atoms with van der Waals surface area (Å²) in [5, 5.41) is 0.872. The second-order valence-corrected chi connectivity index (χ2v) is 8.47. The highest BCUT2D eigenvalue weighted by Gasteiger charge is 2.15. The summed E-state index contributed by atoms with van der Waals surface area (Å²) in [6.07, 6.45) is 13.7. The van der Waals surface area contributed by atoms with Crippen LogP contribution in [-0.2, 0) is 4.57 Å². The molecule has 2 heteroatoms. The van der Waals surface area contributed by atoms with E-state index in [0.29, 0.717) is 0 Å². The summed E-state index contributed by atoms with van der Waals surface area (Å²) >= 11 is 0. The number of hydrogen-bond acceptors (Lipinski definition) is 1. The van der Waals surface area contributed by atoms with Crippen molar-refractivity contribution >= 4 is 12.4 Å². The van der Waals surface area contributed by atoms with Crippen molar-refractivity contribution in [1.82, 2.24) is 0 Å². The lowest BCUT2D eigenvalue weighted by Crippen LogP contribution is -1.99. The molecule has 22 heavy (non-hydrogen) atoms. The van der Waals surface area contributed by atoms with E-state index in [1.54, 1.807) is 5.82 Å². The third-order valence-electron chi connectivity index (χ3n) is 3.98. The molecule has 0 aliphatic heterocycles. The molecule has 122 valence electrons. The van der Waals surface area contributed by atoms with Gasteiger partial charge in [-0.15, -0.1) is 0 Å². The van der Waals surface area contributed by atoms with E-state index < -0.39 is 7.14 Å². The van der Waals surface area contributed by atoms with Gasteiger partial charge in [0.15, 0.2) is 7.14 Å². The first-order chi connectivity index (χ1) is 10.7. The molecule has 1 rings (SSSR count). The summed E-state index contributed by atoms with van der Waals surface area (Å²) in [6, 6.07) is 9.64. The van der Waals surface area contributed by atoms with E-state index in [4.69, 9.17) is 0 Å². The SMILES string of the molecule is C=CP(=O)(/C=C/CCCCCCCCCC)c1ccccc1. The van der Waals surface area contributed by atoms with Crippen molar-refractivity contribution in [3.63, 3.8) is 0 Å². The standard InChI is InChI=1S/C20H31OP/c1-3-5-6-7-8-9-10-11-12-16-19-22(21,4-2)20-17-14-13-15-18-20/h4,13-19H,2-3,5-12H2,1H3/b19-16+. The van der Waals surface area contributed by atoms with Gasteiger partial charge in [-0.25, -0.2) is 0 Å². The van der Waals surface area contributed by atoms with Gasteiger partial charge < -0.3 is 4.57 Å². The number of allylic oxidation sites excluding steroid dienone is 1. The Kier molecular flexibility index (Phi) is 9.91. The minimum absolute atomic E-state index is 0.872. The van der Waals surface area contributed by atoms with Crippen LogP contribution < -0.4 is 5.30 Å². The van der Waals surface area contributed by atoms with Gasteiger partial charge in [0.2, 0.25) is 0 Å². The van der Waals surface area contributed by atoms with Crippen LogP contribution >= 0.6 is 7.14 Å². The Labute approximate surface area is 136 Å². The minimum Gasteiger partial charge on any atom is -0.310 e. The van der Waals surface area contributed by atoms with Gasteiger partial charge in [-0.3, -0.25) is 0 Å². The maximum absolute atomic E-state index is 12.8. The molecule has 0 N–H and O–H groups in total. The Hall–Kier alpha value is -1.07. The summed E-state index contributed by atoms with van der Waals surface area (Å²) < 4.78 is 12.8. The predicted molar refractivity (Wildman–Crippen MR) is 100 cm³/mol. The molecule has 0 radical (unpaired) electrons. The summed E-state index contributed by atoms with van der Waals surface area (Å²) in [5.41, 5.74) is 0. The lowest BCUT2D eigenvalue weighted by molar-refractivity contribution is 0.577. The molecule has 0 bridgehead atoms. The maximum atomic E-state index is 12.8. The van der Waals surface area contributed by atoms with Crippen LogP contribution in [0.15, 0.2) is 54.6 Å². The lowest BCUT2D eigenvalue weighted by atomic mass is 10.1. The van der Waals surface area contributed by atoms with E-state index in [1.807, 2.05) is 36.1 Å². The number of rotatable bonds is 12. The minimum atomic E-state index is -2.54. The van der Waals surface area contributed by atoms with E-state index in [9.17, 15) is 4.57 Å². The lowest BCUT2D eigenvalue weighted by Gasteiger charge is -2.09. The van der Waals surface area contributed by atoms with Crippen LogP contribution in [0.1, 0.15) is 64.7 Å². The van der Waals surface area contributed by atoms with Crippen molar-refractivity contribution in [2.45, 2.75) is 64.7 Å². The average molecular weight is 318 g/mol. The zero-order valence-corrected chi connectivity index (χ0v) is 14.9. The molecule has 1 aromatic rings. The number of benzene rings is 1. The average Bonchev–Trinajstić information content (AvgIpc) is 2.57. The first-order valence-corrected chi connectivity index (χ1v) is 10.5. The fourth-order valence-electron chi connectivity index (χ4n) is 2.54. The largest absolute Gasteiger partial charge is 0.310 e. The molecule has 0 spiro atoms. The second-order valence-electron chi connectivity index (χ2n) is 5.88. The third-order valence-corrected chi connectivity index (χ3v) is 6.28. The Morgan fingerprint density at radius 1 is 0.955 bits per heavy atom. The van der Waals surface area contributed by atoms with Gasteiger partial charge in [-0.2, -0.15) is 0 Å². The molecular formula is C20H31OP. The summed E-state index contributed by atoms with van der Waals surface area (Å²) in [7, 11) is -2.54. The predicted octanol–water partition coefficient (Wildman–Crippen LogP) is 6.86. The Morgan fingerprint density at radius 3 is 2.14 bits per heavy atom. The zero-order valence-electron chi connectivity index (χ0n) is 14.0. The highest BCUT2D eigenvalue weighted by atomic mass is 31.2. The summed E-state index contributed by atoms with van der Waals surface area (Å²) in [4.78, 5) is 0. The van der Waals surface area contributed by atoms with Crippen molar-refractivity contribution in [2.24, 2.45) is 0 Å². The molecule has 0 amide bonds. The van der Waals surface area contributed by atoms with E-state index in [0.717, 1.165) is 11.7 Å². The molecule has 1 nitrogen and oxygen atoms in total. The third kappa shape index (κ3) is 7.27. The first-order valence-electron chi connectivity index (χ1n) is 8.69. The van der Waals surface area contributed by atoms with Crippen LogP contribution in [0.4, 0.5) is 0 Å². The van der Waals surface area contributed by atoms with E-state index >= 15 is 0 Å². The van der Waals surface area contributed by atoms with Gasteiger partial charge >= 0.3 is 0 Å². The van der Waals surface area contributed by atoms with Crippen molar-refractivity contribution in [3.05, 3.63) is 54.6 Å². The number of unbranched alkanes of at least 4 members (excludes halogenated alkanes) is 8. The van der Waals surface area contributed by atoms with E-state index in [-0.39, 0.29) is 0 Å². The van der Waals surface area contributed by atoms with Crippen molar-refractivity contribution < 1.29 is 4.57 Å². The highest BCUT2D eigenvalue weighted by Crippen LogP contribution is 2.47. The van der Waals surface area contributed by atoms with Gasteiger partial charge in [-0.05, 0) is 24.5 Å². The Morgan fingerprint density at radius 2 is 1.55 bits per heavy atom. The molecule has 0 aliphatic rings. The topological polar surface area (TPSA) is 17.1 Å². The normalized spacial score (nSPS) is 14.0. The van der Waals surface area contributed by atoms with Gasteiger partial charge in [0.25, 0.3) is 0 Å². The fourth-order valence-corrected chi connectivity index (χ4v) is 4.15. The number of hydrogen-bond donors (Lipinski definition) is 0. The smallest absolute Gasteiger partial charge is 0.156 e. The monoisotopic (exact) mass is 318 g/mol. The first kappa shape index (κ1) is 19.0. The van der Waals surface area contributed by atoms with Crippen LogP contribution in [-0.4, -0.2) is 0 Å². The van der Waals surface area contributed by atoms with E-state index in [1.165, 1.54) is 51.4 Å². The van der Waals surface area contributed by atoms with Crippen molar-refractivity contribution in [1.29, 1.82) is 0 Å². The van der Waals surface area contributed by atoms with Crippen LogP contribution in [0.2, 0.25) is 0 Å². The molecule has 0 heterocycles. The van der Waals surface area contributed by atoms with Gasteiger partial charge in [-0.1, -0.05) is 94.9 Å². The summed E-state index contributed by atoms with van der Waals surface area (Å²) in [6.45, 7) is 6.01. The second kappa shape index (κ2) is 11.5. The molecule has 1 atom stereocenters. The quantitative estimate of drug-likeness (QED) is 0.304. The summed E-state index contributed by atoms with van der Waals surface area (Å²) in [5.74, 6) is 3.48. The zero-order chi connectivity index (χ0) is 16.1. The molecule has 0 saturated carbocycles. The van der Waals surface area contributed by atoms with Crippen LogP contribution in [0.5, 0.6) is 0 Å². The molecule has 0 aliphatic carbocycles. The molecule has 1 unspecified atom stereocenters. The molecule has 0 fully saturated rings. The highest BCUT2D eigenvalue weighted by molar-refractivity contribution is 7.77. The van der Waals surface area contributed by atoms with E-state index in [2.05, 4.69) is 19.6 Å². The fraction of sp³-hybridized carbons (Fsp3) is 0.500. The van der Waals surface area contributed by atoms with Crippen LogP contribution in [0.3, 0.4) is 0 Å². The van der Waals surface area contributed by atoms with Crippen LogP contribution in [0.25, 0.3) is 0 Å².